The maximum Gasteiger partial charge on any atom is 0.251 e. The molecule has 23 heavy (non-hydrogen) atoms. The lowest BCUT2D eigenvalue weighted by molar-refractivity contribution is 0.0818. The van der Waals surface area contributed by atoms with Crippen molar-refractivity contribution in [2.45, 2.75) is 20.0 Å². The first-order valence-corrected chi connectivity index (χ1v) is 7.58. The average Bonchev–Trinajstić information content (AvgIpc) is 2.55. The number of nitrogens with one attached hydrogen (secondary N) is 1. The van der Waals surface area contributed by atoms with Crippen LogP contribution in [-0.4, -0.2) is 26.7 Å². The van der Waals surface area contributed by atoms with Crippen LogP contribution in [0.5, 0.6) is 5.75 Å². The summed E-state index contributed by atoms with van der Waals surface area (Å²) in [4.78, 5) is 12.4. The van der Waals surface area contributed by atoms with Gasteiger partial charge in [0.05, 0.1) is 7.11 Å². The molecule has 0 aliphatic carbocycles. The van der Waals surface area contributed by atoms with Crippen LogP contribution in [0.3, 0.4) is 0 Å². The zero-order valence-corrected chi connectivity index (χ0v) is 14.1. The largest absolute Gasteiger partial charge is 0.496 e. The fourth-order valence-corrected chi connectivity index (χ4v) is 2.60. The standard InChI is InChI=1S/C19H23NO3/c1-13-9-10-15(14(2)11-13)19(21)20-12-18(23-4)16-7-5-6-8-17(16)22-3/h5-11,18H,12H2,1-4H3,(H,20,21). The SMILES string of the molecule is COc1ccccc1C(CNC(=O)c1ccc(C)cc1C)OC. The molecule has 1 atom stereocenters. The number of hydrogen-bond donors (Lipinski definition) is 1. The van der Waals surface area contributed by atoms with Gasteiger partial charge in [-0.25, -0.2) is 0 Å². The molecule has 0 aliphatic heterocycles. The van der Waals surface area contributed by atoms with Crippen LogP contribution in [0.4, 0.5) is 0 Å². The van der Waals surface area contributed by atoms with E-state index in [4.69, 9.17) is 9.47 Å². The minimum atomic E-state index is -0.263. The third-order valence-electron chi connectivity index (χ3n) is 3.84. The Bertz CT molecular complexity index is 682. The van der Waals surface area contributed by atoms with Crippen LogP contribution in [0.25, 0.3) is 0 Å². The van der Waals surface area contributed by atoms with Crippen molar-refractivity contribution in [3.05, 3.63) is 64.7 Å². The van der Waals surface area contributed by atoms with Crippen LogP contribution in [-0.2, 0) is 4.74 Å². The number of rotatable bonds is 6. The first-order valence-electron chi connectivity index (χ1n) is 7.58. The lowest BCUT2D eigenvalue weighted by Crippen LogP contribution is -2.29. The van der Waals surface area contributed by atoms with Gasteiger partial charge in [0.25, 0.3) is 5.91 Å². The Kier molecular flexibility index (Phi) is 5.77. The molecule has 0 fully saturated rings. The normalized spacial score (nSPS) is 11.8. The van der Waals surface area contributed by atoms with Crippen molar-refractivity contribution in [1.29, 1.82) is 0 Å². The van der Waals surface area contributed by atoms with E-state index in [0.29, 0.717) is 12.1 Å². The molecule has 0 saturated heterocycles. The van der Waals surface area contributed by atoms with Gasteiger partial charge < -0.3 is 14.8 Å². The van der Waals surface area contributed by atoms with E-state index in [2.05, 4.69) is 5.32 Å². The maximum absolute atomic E-state index is 12.4. The van der Waals surface area contributed by atoms with Crippen molar-refractivity contribution in [3.8, 4) is 5.75 Å². The van der Waals surface area contributed by atoms with Gasteiger partial charge in [-0.2, -0.15) is 0 Å². The Labute approximate surface area is 137 Å². The van der Waals surface area contributed by atoms with Crippen LogP contribution in [0, 0.1) is 13.8 Å². The Morgan fingerprint density at radius 2 is 1.87 bits per heavy atom. The first-order chi connectivity index (χ1) is 11.1. The highest BCUT2D eigenvalue weighted by atomic mass is 16.5. The zero-order valence-electron chi connectivity index (χ0n) is 14.1. The van der Waals surface area contributed by atoms with Gasteiger partial charge in [-0.05, 0) is 31.5 Å². The van der Waals surface area contributed by atoms with Crippen LogP contribution in [0.1, 0.15) is 33.2 Å². The summed E-state index contributed by atoms with van der Waals surface area (Å²) in [7, 11) is 3.25. The third kappa shape index (κ3) is 4.11. The maximum atomic E-state index is 12.4. The van der Waals surface area contributed by atoms with Crippen LogP contribution < -0.4 is 10.1 Å². The van der Waals surface area contributed by atoms with Crippen LogP contribution in [0.2, 0.25) is 0 Å². The number of ether oxygens (including phenoxy) is 2. The molecule has 0 aromatic heterocycles. The smallest absolute Gasteiger partial charge is 0.251 e. The Balaban J connectivity index is 2.09. The zero-order chi connectivity index (χ0) is 16.8. The summed E-state index contributed by atoms with van der Waals surface area (Å²) in [6.07, 6.45) is -0.263. The van der Waals surface area contributed by atoms with E-state index in [-0.39, 0.29) is 12.0 Å². The quantitative estimate of drug-likeness (QED) is 0.889. The lowest BCUT2D eigenvalue weighted by Gasteiger charge is -2.19. The fraction of sp³-hybridized carbons (Fsp3) is 0.316. The van der Waals surface area contributed by atoms with E-state index in [9.17, 15) is 4.79 Å². The molecule has 2 rings (SSSR count). The summed E-state index contributed by atoms with van der Waals surface area (Å²) in [6, 6.07) is 13.5. The van der Waals surface area contributed by atoms with E-state index in [1.807, 2.05) is 56.3 Å². The number of aryl methyl sites for hydroxylation is 2. The molecule has 1 amide bonds. The van der Waals surface area contributed by atoms with Crippen molar-refractivity contribution in [2.24, 2.45) is 0 Å². The highest BCUT2D eigenvalue weighted by molar-refractivity contribution is 5.95. The van der Waals surface area contributed by atoms with Gasteiger partial charge in [0.2, 0.25) is 0 Å². The van der Waals surface area contributed by atoms with Crippen molar-refractivity contribution < 1.29 is 14.3 Å². The highest BCUT2D eigenvalue weighted by Crippen LogP contribution is 2.26. The van der Waals surface area contributed by atoms with Crippen LogP contribution >= 0.6 is 0 Å². The van der Waals surface area contributed by atoms with E-state index >= 15 is 0 Å². The molecule has 0 aliphatic rings. The molecular weight excluding hydrogens is 290 g/mol. The fourth-order valence-electron chi connectivity index (χ4n) is 2.60. The van der Waals surface area contributed by atoms with E-state index in [1.54, 1.807) is 14.2 Å². The highest BCUT2D eigenvalue weighted by Gasteiger charge is 2.17. The predicted octanol–water partition coefficient (Wildman–Crippen LogP) is 3.43. The topological polar surface area (TPSA) is 47.6 Å². The average molecular weight is 313 g/mol. The number of carbonyl (C=O) groups is 1. The second-order valence-electron chi connectivity index (χ2n) is 5.49. The van der Waals surface area contributed by atoms with Gasteiger partial charge in [-0.15, -0.1) is 0 Å². The molecule has 4 heteroatoms. The second kappa shape index (κ2) is 7.79. The monoisotopic (exact) mass is 313 g/mol. The summed E-state index contributed by atoms with van der Waals surface area (Å²) < 4.78 is 10.9. The summed E-state index contributed by atoms with van der Waals surface area (Å²) >= 11 is 0. The van der Waals surface area contributed by atoms with E-state index in [0.717, 1.165) is 22.4 Å². The number of carbonyl (C=O) groups excluding carboxylic acids is 1. The van der Waals surface area contributed by atoms with Gasteiger partial charge >= 0.3 is 0 Å². The molecule has 0 heterocycles. The number of amides is 1. The summed E-state index contributed by atoms with van der Waals surface area (Å²) in [5, 5.41) is 2.94. The molecule has 2 aromatic rings. The molecule has 1 unspecified atom stereocenters. The van der Waals surface area contributed by atoms with E-state index in [1.165, 1.54) is 0 Å². The van der Waals surface area contributed by atoms with Crippen molar-refractivity contribution in [3.63, 3.8) is 0 Å². The lowest BCUT2D eigenvalue weighted by atomic mass is 10.0. The number of methoxy groups -OCH3 is 2. The summed E-state index contributed by atoms with van der Waals surface area (Å²) in [5.74, 6) is 0.652. The second-order valence-corrected chi connectivity index (χ2v) is 5.49. The predicted molar refractivity (Wildman–Crippen MR) is 91.0 cm³/mol. The summed E-state index contributed by atoms with van der Waals surface area (Å²) in [5.41, 5.74) is 3.71. The summed E-state index contributed by atoms with van der Waals surface area (Å²) in [6.45, 7) is 4.33. The number of benzene rings is 2. The van der Waals surface area contributed by atoms with Gasteiger partial charge in [-0.1, -0.05) is 35.9 Å². The number of hydrogen-bond acceptors (Lipinski definition) is 3. The van der Waals surface area contributed by atoms with Crippen LogP contribution in [0.15, 0.2) is 42.5 Å². The number of para-hydroxylation sites is 1. The minimum absolute atomic E-state index is 0.0977. The third-order valence-corrected chi connectivity index (χ3v) is 3.84. The van der Waals surface area contributed by atoms with Gasteiger partial charge in [0.15, 0.2) is 0 Å². The molecule has 1 N–H and O–H groups in total. The molecule has 4 nitrogen and oxygen atoms in total. The Hall–Kier alpha value is -2.33. The van der Waals surface area contributed by atoms with Gasteiger partial charge in [-0.3, -0.25) is 4.79 Å². The van der Waals surface area contributed by atoms with Crippen molar-refractivity contribution in [2.75, 3.05) is 20.8 Å². The molecule has 0 saturated carbocycles. The molecular formula is C19H23NO3. The molecule has 0 bridgehead atoms. The van der Waals surface area contributed by atoms with Crippen molar-refractivity contribution in [1.82, 2.24) is 5.32 Å². The van der Waals surface area contributed by atoms with Gasteiger partial charge in [0.1, 0.15) is 11.9 Å². The van der Waals surface area contributed by atoms with E-state index < -0.39 is 0 Å². The molecule has 2 aromatic carbocycles. The molecule has 0 radical (unpaired) electrons. The minimum Gasteiger partial charge on any atom is -0.496 e. The first kappa shape index (κ1) is 17.0. The molecule has 0 spiro atoms. The van der Waals surface area contributed by atoms with Crippen molar-refractivity contribution >= 4 is 5.91 Å². The molecule has 122 valence electrons. The van der Waals surface area contributed by atoms with Gasteiger partial charge in [0, 0.05) is 24.8 Å². The Morgan fingerprint density at radius 1 is 1.13 bits per heavy atom. The Morgan fingerprint density at radius 3 is 2.52 bits per heavy atom.